The molecule has 1 aliphatic rings. The van der Waals surface area contributed by atoms with Crippen LogP contribution in [0.3, 0.4) is 0 Å². The van der Waals surface area contributed by atoms with E-state index in [-0.39, 0.29) is 23.3 Å². The average molecular weight is 349 g/mol. The van der Waals surface area contributed by atoms with E-state index in [1.54, 1.807) is 30.3 Å². The molecule has 0 unspecified atom stereocenters. The monoisotopic (exact) mass is 348 g/mol. The summed E-state index contributed by atoms with van der Waals surface area (Å²) in [6, 6.07) is 8.11. The second-order valence-corrected chi connectivity index (χ2v) is 6.76. The normalized spacial score (nSPS) is 13.4. The second kappa shape index (κ2) is 6.14. The highest BCUT2D eigenvalue weighted by Gasteiger charge is 2.37. The quantitative estimate of drug-likeness (QED) is 0.857. The number of anilines is 1. The molecule has 7 heteroatoms. The van der Waals surface area contributed by atoms with E-state index >= 15 is 0 Å². The summed E-state index contributed by atoms with van der Waals surface area (Å²) in [5, 5.41) is 2.70. The maximum absolute atomic E-state index is 12.5. The molecule has 1 N–H and O–H groups in total. The van der Waals surface area contributed by atoms with Gasteiger partial charge >= 0.3 is 0 Å². The summed E-state index contributed by atoms with van der Waals surface area (Å²) < 4.78 is 0.508. The molecule has 1 aromatic heterocycles. The Morgan fingerprint density at radius 3 is 2.65 bits per heavy atom. The van der Waals surface area contributed by atoms with Crippen LogP contribution in [0.15, 0.2) is 30.3 Å². The number of nitrogens with zero attached hydrogens (tertiary/aromatic N) is 1. The van der Waals surface area contributed by atoms with Crippen molar-refractivity contribution in [3.8, 4) is 0 Å². The first-order valence-corrected chi connectivity index (χ1v) is 8.28. The third kappa shape index (κ3) is 2.75. The summed E-state index contributed by atoms with van der Waals surface area (Å²) in [4.78, 5) is 38.7. The van der Waals surface area contributed by atoms with Gasteiger partial charge in [0, 0.05) is 6.54 Å². The van der Waals surface area contributed by atoms with Crippen molar-refractivity contribution in [3.63, 3.8) is 0 Å². The largest absolute Gasteiger partial charge is 0.321 e. The Labute approximate surface area is 141 Å². The lowest BCUT2D eigenvalue weighted by Gasteiger charge is -2.12. The number of benzene rings is 1. The Bertz CT molecular complexity index is 815. The van der Waals surface area contributed by atoms with Gasteiger partial charge in [-0.25, -0.2) is 0 Å². The van der Waals surface area contributed by atoms with Crippen LogP contribution in [-0.2, 0) is 0 Å². The van der Waals surface area contributed by atoms with Gasteiger partial charge in [-0.15, -0.1) is 11.3 Å². The van der Waals surface area contributed by atoms with Crippen molar-refractivity contribution in [2.45, 2.75) is 13.3 Å². The Kier molecular flexibility index (Phi) is 4.19. The summed E-state index contributed by atoms with van der Waals surface area (Å²) >= 11 is 6.98. The summed E-state index contributed by atoms with van der Waals surface area (Å²) in [5.74, 6) is -1.04. The van der Waals surface area contributed by atoms with Crippen molar-refractivity contribution in [2.75, 3.05) is 11.9 Å². The lowest BCUT2D eigenvalue weighted by atomic mass is 10.1. The van der Waals surface area contributed by atoms with Crippen LogP contribution in [0.1, 0.15) is 43.7 Å². The highest BCUT2D eigenvalue weighted by molar-refractivity contribution is 7.18. The maximum Gasteiger partial charge on any atom is 0.265 e. The van der Waals surface area contributed by atoms with Gasteiger partial charge in [-0.05, 0) is 30.7 Å². The molecule has 0 aliphatic carbocycles. The Morgan fingerprint density at radius 1 is 1.22 bits per heavy atom. The van der Waals surface area contributed by atoms with Gasteiger partial charge in [0.25, 0.3) is 17.7 Å². The lowest BCUT2D eigenvalue weighted by molar-refractivity contribution is 0.0654. The first-order chi connectivity index (χ1) is 11.0. The minimum absolute atomic E-state index is 0.252. The van der Waals surface area contributed by atoms with Crippen molar-refractivity contribution < 1.29 is 14.4 Å². The molecule has 0 spiro atoms. The second-order valence-electron chi connectivity index (χ2n) is 5.05. The van der Waals surface area contributed by atoms with Crippen LogP contribution >= 0.6 is 22.9 Å². The fourth-order valence-electron chi connectivity index (χ4n) is 2.48. The van der Waals surface area contributed by atoms with Crippen LogP contribution in [0, 0.1) is 0 Å². The maximum atomic E-state index is 12.5. The topological polar surface area (TPSA) is 66.5 Å². The Balaban J connectivity index is 1.93. The van der Waals surface area contributed by atoms with Crippen molar-refractivity contribution in [3.05, 3.63) is 50.7 Å². The number of nitrogens with one attached hydrogen (secondary N) is 1. The lowest BCUT2D eigenvalue weighted by Crippen LogP contribution is -2.30. The molecule has 1 aromatic carbocycles. The average Bonchev–Trinajstić information content (AvgIpc) is 3.06. The van der Waals surface area contributed by atoms with Gasteiger partial charge < -0.3 is 5.32 Å². The molecule has 0 fully saturated rings. The van der Waals surface area contributed by atoms with Gasteiger partial charge in [0.05, 0.1) is 26.0 Å². The van der Waals surface area contributed by atoms with E-state index in [0.717, 1.165) is 11.3 Å². The predicted molar refractivity (Wildman–Crippen MR) is 89.4 cm³/mol. The van der Waals surface area contributed by atoms with Crippen molar-refractivity contribution in [2.24, 2.45) is 0 Å². The van der Waals surface area contributed by atoms with E-state index in [0.29, 0.717) is 33.4 Å². The predicted octanol–water partition coefficient (Wildman–Crippen LogP) is 3.66. The fraction of sp³-hybridized carbons (Fsp3) is 0.188. The van der Waals surface area contributed by atoms with Gasteiger partial charge in [-0.2, -0.15) is 0 Å². The molecule has 0 atom stereocenters. The third-order valence-electron chi connectivity index (χ3n) is 3.49. The standard InChI is InChI=1S/C16H13ClN2O3S/c1-2-8-19-15(21)9-4-3-5-10(13(9)16(19)22)18-14(20)11-6-7-12(17)23-11/h3-7H,2,8H2,1H3,(H,18,20). The van der Waals surface area contributed by atoms with Crippen LogP contribution < -0.4 is 5.32 Å². The summed E-state index contributed by atoms with van der Waals surface area (Å²) in [6.07, 6.45) is 0.681. The third-order valence-corrected chi connectivity index (χ3v) is 4.72. The summed E-state index contributed by atoms with van der Waals surface area (Å²) in [6.45, 7) is 2.26. The molecule has 0 bridgehead atoms. The fourth-order valence-corrected chi connectivity index (χ4v) is 3.42. The zero-order chi connectivity index (χ0) is 16.6. The number of hydrogen-bond donors (Lipinski definition) is 1. The molecule has 0 radical (unpaired) electrons. The number of thiophene rings is 1. The molecular formula is C16H13ClN2O3S. The molecule has 23 heavy (non-hydrogen) atoms. The van der Waals surface area contributed by atoms with Crippen LogP contribution in [-0.4, -0.2) is 29.2 Å². The van der Waals surface area contributed by atoms with Gasteiger partial charge in [0.15, 0.2) is 0 Å². The van der Waals surface area contributed by atoms with Gasteiger partial charge in [-0.1, -0.05) is 24.6 Å². The van der Waals surface area contributed by atoms with Crippen molar-refractivity contribution >= 4 is 46.3 Å². The number of halogens is 1. The molecule has 2 heterocycles. The highest BCUT2D eigenvalue weighted by Crippen LogP contribution is 2.30. The van der Waals surface area contributed by atoms with Crippen LogP contribution in [0.25, 0.3) is 0 Å². The van der Waals surface area contributed by atoms with Gasteiger partial charge in [-0.3, -0.25) is 19.3 Å². The molecule has 0 saturated heterocycles. The number of amides is 3. The zero-order valence-electron chi connectivity index (χ0n) is 12.3. The molecule has 2 aromatic rings. The number of carbonyl (C=O) groups is 3. The van der Waals surface area contributed by atoms with E-state index in [2.05, 4.69) is 5.32 Å². The van der Waals surface area contributed by atoms with E-state index in [1.807, 2.05) is 6.92 Å². The molecular weight excluding hydrogens is 336 g/mol. The molecule has 3 rings (SSSR count). The molecule has 118 valence electrons. The van der Waals surface area contributed by atoms with Crippen LogP contribution in [0.2, 0.25) is 4.34 Å². The highest BCUT2D eigenvalue weighted by atomic mass is 35.5. The van der Waals surface area contributed by atoms with Crippen LogP contribution in [0.4, 0.5) is 5.69 Å². The number of rotatable bonds is 4. The van der Waals surface area contributed by atoms with Crippen LogP contribution in [0.5, 0.6) is 0 Å². The first-order valence-electron chi connectivity index (χ1n) is 7.08. The number of carbonyl (C=O) groups excluding carboxylic acids is 3. The number of imide groups is 1. The summed E-state index contributed by atoms with van der Waals surface area (Å²) in [5.41, 5.74) is 0.918. The first kappa shape index (κ1) is 15.7. The Morgan fingerprint density at radius 2 is 2.00 bits per heavy atom. The minimum atomic E-state index is -0.369. The van der Waals surface area contributed by atoms with E-state index in [1.165, 1.54) is 4.90 Å². The number of hydrogen-bond acceptors (Lipinski definition) is 4. The molecule has 1 aliphatic heterocycles. The molecule has 3 amide bonds. The molecule has 0 saturated carbocycles. The van der Waals surface area contributed by atoms with E-state index in [4.69, 9.17) is 11.6 Å². The van der Waals surface area contributed by atoms with E-state index < -0.39 is 0 Å². The number of fused-ring (bicyclic) bond motifs is 1. The zero-order valence-corrected chi connectivity index (χ0v) is 13.8. The van der Waals surface area contributed by atoms with Gasteiger partial charge in [0.2, 0.25) is 0 Å². The SMILES string of the molecule is CCCN1C(=O)c2cccc(NC(=O)c3ccc(Cl)s3)c2C1=O. The molecule has 5 nitrogen and oxygen atoms in total. The summed E-state index contributed by atoms with van der Waals surface area (Å²) in [7, 11) is 0. The smallest absolute Gasteiger partial charge is 0.265 e. The minimum Gasteiger partial charge on any atom is -0.321 e. The van der Waals surface area contributed by atoms with Gasteiger partial charge in [0.1, 0.15) is 0 Å². The van der Waals surface area contributed by atoms with Crippen molar-refractivity contribution in [1.82, 2.24) is 4.90 Å². The van der Waals surface area contributed by atoms with E-state index in [9.17, 15) is 14.4 Å². The van der Waals surface area contributed by atoms with Crippen molar-refractivity contribution in [1.29, 1.82) is 0 Å². The Hall–Kier alpha value is -2.18.